The molecule has 2 N–H and O–H groups in total. The molecule has 0 aromatic rings. The molecule has 0 aliphatic carbocycles. The first kappa shape index (κ1) is 24.8. The average Bonchev–Trinajstić information content (AvgIpc) is 2.27. The second-order valence-electron chi connectivity index (χ2n) is 0.755. The topological polar surface area (TPSA) is 95.8 Å². The minimum absolute atomic E-state index is 0. The Bertz CT molecular complexity index is 53.8. The van der Waals surface area contributed by atoms with Crippen LogP contribution in [0.3, 0.4) is 0 Å². The summed E-state index contributed by atoms with van der Waals surface area (Å²) < 4.78 is 7.85. The lowest BCUT2D eigenvalue weighted by Gasteiger charge is -2.00. The van der Waals surface area contributed by atoms with Crippen molar-refractivity contribution >= 4 is 37.6 Å². The molecule has 0 unspecified atom stereocenters. The minimum Gasteiger partial charge on any atom is -2.00 e. The van der Waals surface area contributed by atoms with E-state index in [0.717, 1.165) is 24.1 Å². The van der Waals surface area contributed by atoms with Crippen LogP contribution in [0.1, 0.15) is 13.8 Å². The maximum absolute atomic E-state index is 7.34. The molecule has 0 radical (unpaired) electrons. The van der Waals surface area contributed by atoms with Crippen LogP contribution in [0.5, 0.6) is 0 Å². The van der Waals surface area contributed by atoms with Crippen LogP contribution < -0.4 is 0 Å². The van der Waals surface area contributed by atoms with Crippen molar-refractivity contribution in [1.82, 2.24) is 0 Å². The maximum Gasteiger partial charge on any atom is 0.0312 e. The third kappa shape index (κ3) is 52.7. The lowest BCUT2D eigenvalue weighted by molar-refractivity contribution is -0.591. The summed E-state index contributed by atoms with van der Waals surface area (Å²) in [6.45, 7) is 4.00. The van der Waals surface area contributed by atoms with Gasteiger partial charge in [0, 0.05) is 36.6 Å². The van der Waals surface area contributed by atoms with Crippen molar-refractivity contribution in [2.24, 2.45) is 0 Å². The molecule has 0 atom stereocenters. The van der Waals surface area contributed by atoms with E-state index in [1.165, 1.54) is 0 Å². The Kier molecular flexibility index (Phi) is 60.3. The van der Waals surface area contributed by atoms with Gasteiger partial charge in [-0.05, 0) is 20.2 Å². The van der Waals surface area contributed by atoms with E-state index in [2.05, 4.69) is 28.8 Å². The molecule has 0 aliphatic rings. The van der Waals surface area contributed by atoms with E-state index in [1.807, 2.05) is 13.8 Å². The van der Waals surface area contributed by atoms with Gasteiger partial charge in [-0.2, -0.15) is 0 Å². The highest BCUT2D eigenvalue weighted by Gasteiger charge is 1.76. The van der Waals surface area contributed by atoms with E-state index < -0.39 is 0 Å². The Morgan fingerprint density at radius 2 is 1.07 bits per heavy atom. The van der Waals surface area contributed by atoms with E-state index >= 15 is 0 Å². The summed E-state index contributed by atoms with van der Waals surface area (Å²) in [4.78, 5) is 0. The highest BCUT2D eigenvalue weighted by Crippen LogP contribution is 1.93. The largest absolute Gasteiger partial charge is 2.00 e. The van der Waals surface area contributed by atoms with Crippen molar-refractivity contribution in [2.45, 2.75) is 13.8 Å². The van der Waals surface area contributed by atoms with E-state index in [4.69, 9.17) is 10.5 Å². The quantitative estimate of drug-likeness (QED) is 0.327. The molecule has 0 saturated heterocycles. The van der Waals surface area contributed by atoms with Gasteiger partial charge < -0.3 is 13.5 Å². The predicted molar refractivity (Wildman–Crippen MR) is 57.5 cm³/mol. The molecule has 11 heteroatoms. The average molecular weight is 286 g/mol. The lowest BCUT2D eigenvalue weighted by Crippen LogP contribution is -1.81. The Morgan fingerprint density at radius 3 is 1.13 bits per heavy atom. The number of hydrogen-bond donors (Lipinski definition) is 2. The Morgan fingerprint density at radius 1 is 0.800 bits per heavy atom. The molecule has 0 rings (SSSR count). The molecule has 0 amide bonds. The van der Waals surface area contributed by atoms with Gasteiger partial charge in [-0.1, -0.05) is 13.8 Å². The molecule has 98 valence electrons. The third-order valence-electron chi connectivity index (χ3n) is 0.252. The highest BCUT2D eigenvalue weighted by molar-refractivity contribution is 7.94. The van der Waals surface area contributed by atoms with Crippen molar-refractivity contribution in [1.29, 1.82) is 0 Å². The van der Waals surface area contributed by atoms with Crippen LogP contribution in [0.4, 0.5) is 0 Å². The molecule has 8 nitrogen and oxygen atoms in total. The van der Waals surface area contributed by atoms with Gasteiger partial charge in [-0.15, -0.1) is 8.67 Å². The van der Waals surface area contributed by atoms with E-state index in [0.29, 0.717) is 0 Å². The molecule has 0 aromatic heterocycles. The smallest absolute Gasteiger partial charge is 0.0312 e. The molecule has 0 aliphatic heterocycles. The molecule has 0 bridgehead atoms. The SMILES string of the molecule is CC.CSOOOO.CSOOOO.[S-2]. The predicted octanol–water partition coefficient (Wildman–Crippen LogP) is 2.26. The van der Waals surface area contributed by atoms with Gasteiger partial charge in [-0.25, -0.2) is 10.5 Å². The van der Waals surface area contributed by atoms with Gasteiger partial charge >= 0.3 is 0 Å². The third-order valence-corrected chi connectivity index (χ3v) is 0.636. The first-order valence-corrected chi connectivity index (χ1v) is 5.48. The van der Waals surface area contributed by atoms with Crippen LogP contribution in [-0.4, -0.2) is 23.0 Å². The molecule has 0 heterocycles. The Hall–Kier alpha value is 0.730. The Labute approximate surface area is 104 Å². The fraction of sp³-hybridized carbons (Fsp3) is 1.00. The second kappa shape index (κ2) is 36.4. The summed E-state index contributed by atoms with van der Waals surface area (Å²) in [5, 5.41) is 27.8. The van der Waals surface area contributed by atoms with Crippen LogP contribution in [0.25, 0.3) is 0 Å². The van der Waals surface area contributed by atoms with Gasteiger partial charge in [0.2, 0.25) is 0 Å². The van der Waals surface area contributed by atoms with Gasteiger partial charge in [0.15, 0.2) is 0 Å². The fourth-order valence-electron chi connectivity index (χ4n) is 0.0804. The zero-order valence-corrected chi connectivity index (χ0v) is 11.0. The monoisotopic (exact) mass is 286 g/mol. The first-order valence-electron chi connectivity index (χ1n) is 3.18. The van der Waals surface area contributed by atoms with Crippen molar-refractivity contribution < 1.29 is 39.3 Å². The summed E-state index contributed by atoms with van der Waals surface area (Å²) >= 11 is 1.84. The molecular weight excluding hydrogens is 272 g/mol. The van der Waals surface area contributed by atoms with Gasteiger partial charge in [0.05, 0.1) is 0 Å². The number of rotatable bonds is 6. The minimum atomic E-state index is 0. The van der Waals surface area contributed by atoms with Gasteiger partial charge in [-0.3, -0.25) is 0 Å². The van der Waals surface area contributed by atoms with E-state index in [-0.39, 0.29) is 13.5 Å². The zero-order chi connectivity index (χ0) is 11.7. The second-order valence-corrected chi connectivity index (χ2v) is 1.69. The zero-order valence-electron chi connectivity index (χ0n) is 8.57. The summed E-state index contributed by atoms with van der Waals surface area (Å²) in [6, 6.07) is 0. The molecule has 0 fully saturated rings. The van der Waals surface area contributed by atoms with Crippen LogP contribution >= 0.6 is 24.1 Å². The molecular formula is C4H14O8S3-2. The summed E-state index contributed by atoms with van der Waals surface area (Å²) in [5.41, 5.74) is 0. The first-order chi connectivity index (χ1) is 6.83. The summed E-state index contributed by atoms with van der Waals surface area (Å²) in [7, 11) is 0. The molecule has 15 heavy (non-hydrogen) atoms. The van der Waals surface area contributed by atoms with Crippen molar-refractivity contribution in [2.75, 3.05) is 12.5 Å². The van der Waals surface area contributed by atoms with Crippen molar-refractivity contribution in [3.05, 3.63) is 0 Å². The van der Waals surface area contributed by atoms with Gasteiger partial charge in [0.25, 0.3) is 0 Å². The molecule has 0 spiro atoms. The van der Waals surface area contributed by atoms with Gasteiger partial charge in [0.1, 0.15) is 0 Å². The maximum atomic E-state index is 7.34. The normalized spacial score (nSPS) is 7.60. The van der Waals surface area contributed by atoms with Crippen LogP contribution in [0.15, 0.2) is 0 Å². The van der Waals surface area contributed by atoms with Crippen LogP contribution in [0.2, 0.25) is 0 Å². The fourth-order valence-corrected chi connectivity index (χ4v) is 0.241. The molecule has 0 saturated carbocycles. The van der Waals surface area contributed by atoms with E-state index in [9.17, 15) is 0 Å². The summed E-state index contributed by atoms with van der Waals surface area (Å²) in [6.07, 6.45) is 3.22. The van der Waals surface area contributed by atoms with Crippen LogP contribution in [-0.2, 0) is 42.3 Å². The van der Waals surface area contributed by atoms with Crippen LogP contribution in [0, 0.1) is 0 Å². The van der Waals surface area contributed by atoms with E-state index in [1.54, 1.807) is 12.5 Å². The molecule has 0 aromatic carbocycles. The van der Waals surface area contributed by atoms with Crippen molar-refractivity contribution in [3.63, 3.8) is 0 Å². The standard InChI is InChI=1S/C2H6.2CH4O4S.S/c1-2;2*1-6-5-4-3-2;/h1-2H3;2*2H,1H3;/q;;;-2. The lowest BCUT2D eigenvalue weighted by atomic mass is 11.0. The van der Waals surface area contributed by atoms with Crippen molar-refractivity contribution in [3.8, 4) is 0 Å². The summed E-state index contributed by atoms with van der Waals surface area (Å²) in [5.74, 6) is 0. The Balaban J connectivity index is -0.0000000653. The highest BCUT2D eigenvalue weighted by atomic mass is 32.2. The number of hydrogen-bond acceptors (Lipinski definition) is 10.